The van der Waals surface area contributed by atoms with E-state index in [0.717, 1.165) is 22.9 Å². The van der Waals surface area contributed by atoms with Gasteiger partial charge in [-0.15, -0.1) is 0 Å². The molecule has 0 unspecified atom stereocenters. The fraction of sp³-hybridized carbons (Fsp3) is 0.333. The average molecular weight is 280 g/mol. The van der Waals surface area contributed by atoms with Gasteiger partial charge < -0.3 is 4.74 Å². The van der Waals surface area contributed by atoms with E-state index < -0.39 is 5.41 Å². The van der Waals surface area contributed by atoms with Gasteiger partial charge in [0.15, 0.2) is 0 Å². The maximum atomic E-state index is 11.6. The summed E-state index contributed by atoms with van der Waals surface area (Å²) < 4.78 is 5.59. The largest absolute Gasteiger partial charge is 0.465 e. The summed E-state index contributed by atoms with van der Waals surface area (Å²) in [6.45, 7) is 0. The van der Waals surface area contributed by atoms with E-state index in [1.54, 1.807) is 12.1 Å². The summed E-state index contributed by atoms with van der Waals surface area (Å²) in [5, 5.41) is 9.16. The second kappa shape index (κ2) is 3.91. The number of methoxy groups -OCH3 is 1. The Kier molecular flexibility index (Phi) is 2.73. The molecular weight excluding hydrogens is 270 g/mol. The lowest BCUT2D eigenvalue weighted by molar-refractivity contribution is 0.0599. The molecule has 0 N–H and O–H groups in total. The van der Waals surface area contributed by atoms with Gasteiger partial charge in [-0.25, -0.2) is 4.79 Å². The van der Waals surface area contributed by atoms with E-state index in [0.29, 0.717) is 5.56 Å². The van der Waals surface area contributed by atoms with Gasteiger partial charge in [0.1, 0.15) is 0 Å². The number of esters is 1. The van der Waals surface area contributed by atoms with Crippen LogP contribution >= 0.6 is 15.9 Å². The summed E-state index contributed by atoms with van der Waals surface area (Å²) in [6.07, 6.45) is 1.62. The Morgan fingerprint density at radius 3 is 2.75 bits per heavy atom. The maximum absolute atomic E-state index is 11.6. The van der Waals surface area contributed by atoms with E-state index in [1.807, 2.05) is 6.07 Å². The molecular formula is C12H10BrNO2. The molecule has 4 heteroatoms. The fourth-order valence-electron chi connectivity index (χ4n) is 1.77. The smallest absolute Gasteiger partial charge is 0.338 e. The van der Waals surface area contributed by atoms with E-state index in [1.165, 1.54) is 7.11 Å². The van der Waals surface area contributed by atoms with Crippen LogP contribution in [0.5, 0.6) is 0 Å². The highest BCUT2D eigenvalue weighted by Crippen LogP contribution is 2.49. The molecule has 0 spiro atoms. The van der Waals surface area contributed by atoms with Crippen LogP contribution in [0.2, 0.25) is 0 Å². The Balaban J connectivity index is 2.54. The molecule has 0 atom stereocenters. The van der Waals surface area contributed by atoms with Crippen LogP contribution in [0.4, 0.5) is 0 Å². The van der Waals surface area contributed by atoms with Crippen molar-refractivity contribution in [2.45, 2.75) is 18.3 Å². The van der Waals surface area contributed by atoms with Crippen molar-refractivity contribution in [2.24, 2.45) is 0 Å². The summed E-state index contributed by atoms with van der Waals surface area (Å²) in [5.74, 6) is -0.385. The number of carbonyl (C=O) groups is 1. The quantitative estimate of drug-likeness (QED) is 0.783. The van der Waals surface area contributed by atoms with Crippen molar-refractivity contribution in [3.8, 4) is 6.07 Å². The minimum absolute atomic E-state index is 0.385. The predicted molar refractivity (Wildman–Crippen MR) is 62.0 cm³/mol. The molecule has 3 nitrogen and oxygen atoms in total. The molecule has 0 aliphatic heterocycles. The van der Waals surface area contributed by atoms with Crippen molar-refractivity contribution >= 4 is 21.9 Å². The van der Waals surface area contributed by atoms with Gasteiger partial charge in [-0.1, -0.05) is 15.9 Å². The molecule has 0 amide bonds. The highest BCUT2D eigenvalue weighted by molar-refractivity contribution is 9.10. The van der Waals surface area contributed by atoms with Crippen molar-refractivity contribution in [2.75, 3.05) is 7.11 Å². The first-order chi connectivity index (χ1) is 7.63. The first-order valence-electron chi connectivity index (χ1n) is 4.92. The lowest BCUT2D eigenvalue weighted by Crippen LogP contribution is -2.12. The zero-order valence-electron chi connectivity index (χ0n) is 8.79. The minimum atomic E-state index is -0.479. The molecule has 1 aliphatic carbocycles. The van der Waals surface area contributed by atoms with Crippen molar-refractivity contribution in [1.82, 2.24) is 0 Å². The number of halogens is 1. The van der Waals surface area contributed by atoms with Gasteiger partial charge in [-0.05, 0) is 36.6 Å². The SMILES string of the molecule is COC(=O)c1ccc(Br)cc1C1(C#N)CC1. The molecule has 1 saturated carbocycles. The Morgan fingerprint density at radius 2 is 2.25 bits per heavy atom. The molecule has 0 aromatic heterocycles. The molecule has 16 heavy (non-hydrogen) atoms. The summed E-state index contributed by atoms with van der Waals surface area (Å²) in [7, 11) is 1.35. The monoisotopic (exact) mass is 279 g/mol. The summed E-state index contributed by atoms with van der Waals surface area (Å²) >= 11 is 3.36. The van der Waals surface area contributed by atoms with Gasteiger partial charge in [0.2, 0.25) is 0 Å². The van der Waals surface area contributed by atoms with Crippen LogP contribution < -0.4 is 0 Å². The first kappa shape index (κ1) is 11.2. The number of ether oxygens (including phenoxy) is 1. The summed E-state index contributed by atoms with van der Waals surface area (Å²) in [6, 6.07) is 7.60. The molecule has 1 aliphatic rings. The highest BCUT2D eigenvalue weighted by atomic mass is 79.9. The summed E-state index contributed by atoms with van der Waals surface area (Å²) in [4.78, 5) is 11.6. The Morgan fingerprint density at radius 1 is 1.56 bits per heavy atom. The standard InChI is InChI=1S/C12H10BrNO2/c1-16-11(15)9-3-2-8(13)6-10(9)12(7-14)4-5-12/h2-3,6H,4-5H2,1H3. The maximum Gasteiger partial charge on any atom is 0.338 e. The molecule has 0 bridgehead atoms. The van der Waals surface area contributed by atoms with Gasteiger partial charge in [-0.2, -0.15) is 5.26 Å². The second-order valence-electron chi connectivity index (χ2n) is 3.88. The number of rotatable bonds is 2. The first-order valence-corrected chi connectivity index (χ1v) is 5.72. The Hall–Kier alpha value is -1.34. The number of benzene rings is 1. The number of carbonyl (C=O) groups excluding carboxylic acids is 1. The number of nitriles is 1. The molecule has 0 heterocycles. The van der Waals surface area contributed by atoms with Crippen molar-refractivity contribution in [3.63, 3.8) is 0 Å². The van der Waals surface area contributed by atoms with Crippen LogP contribution in [0.15, 0.2) is 22.7 Å². The lowest BCUT2D eigenvalue weighted by Gasteiger charge is -2.12. The van der Waals surface area contributed by atoms with E-state index in [4.69, 9.17) is 10.00 Å². The van der Waals surface area contributed by atoms with E-state index >= 15 is 0 Å². The zero-order valence-corrected chi connectivity index (χ0v) is 10.4. The Labute approximate surface area is 102 Å². The van der Waals surface area contributed by atoms with Crippen molar-refractivity contribution in [3.05, 3.63) is 33.8 Å². The lowest BCUT2D eigenvalue weighted by atomic mass is 9.93. The highest BCUT2D eigenvalue weighted by Gasteiger charge is 2.47. The topological polar surface area (TPSA) is 50.1 Å². The normalized spacial score (nSPS) is 16.3. The third-order valence-electron chi connectivity index (χ3n) is 2.87. The van der Waals surface area contributed by atoms with Crippen LogP contribution in [-0.4, -0.2) is 13.1 Å². The van der Waals surface area contributed by atoms with Gasteiger partial charge in [0.25, 0.3) is 0 Å². The summed E-state index contributed by atoms with van der Waals surface area (Å²) in [5.41, 5.74) is 0.786. The molecule has 0 saturated heterocycles. The second-order valence-corrected chi connectivity index (χ2v) is 4.79. The van der Waals surface area contributed by atoms with Crippen LogP contribution in [0.1, 0.15) is 28.8 Å². The van der Waals surface area contributed by atoms with Crippen molar-refractivity contribution in [1.29, 1.82) is 5.26 Å². The molecule has 2 rings (SSSR count). The minimum Gasteiger partial charge on any atom is -0.465 e. The van der Waals surface area contributed by atoms with Gasteiger partial charge >= 0.3 is 5.97 Å². The number of nitrogens with zero attached hydrogens (tertiary/aromatic N) is 1. The third-order valence-corrected chi connectivity index (χ3v) is 3.36. The van der Waals surface area contributed by atoms with Crippen LogP contribution in [0.3, 0.4) is 0 Å². The van der Waals surface area contributed by atoms with Crippen LogP contribution in [0.25, 0.3) is 0 Å². The molecule has 82 valence electrons. The molecule has 1 fully saturated rings. The third kappa shape index (κ3) is 1.72. The van der Waals surface area contributed by atoms with Gasteiger partial charge in [0, 0.05) is 4.47 Å². The van der Waals surface area contributed by atoms with Crippen molar-refractivity contribution < 1.29 is 9.53 Å². The zero-order chi connectivity index (χ0) is 11.8. The van der Waals surface area contributed by atoms with Gasteiger partial charge in [0.05, 0.1) is 24.2 Å². The average Bonchev–Trinajstić information content (AvgIpc) is 3.09. The number of hydrogen-bond acceptors (Lipinski definition) is 3. The molecule has 1 aromatic carbocycles. The Bertz CT molecular complexity index is 486. The van der Waals surface area contributed by atoms with Gasteiger partial charge in [-0.3, -0.25) is 0 Å². The predicted octanol–water partition coefficient (Wildman–Crippen LogP) is 2.79. The van der Waals surface area contributed by atoms with E-state index in [9.17, 15) is 4.79 Å². The number of hydrogen-bond donors (Lipinski definition) is 0. The van der Waals surface area contributed by atoms with Crippen LogP contribution in [-0.2, 0) is 10.2 Å². The molecule has 0 radical (unpaired) electrons. The van der Waals surface area contributed by atoms with Crippen LogP contribution in [0, 0.1) is 11.3 Å². The molecule has 1 aromatic rings. The van der Waals surface area contributed by atoms with E-state index in [2.05, 4.69) is 22.0 Å². The fourth-order valence-corrected chi connectivity index (χ4v) is 2.13. The van der Waals surface area contributed by atoms with E-state index in [-0.39, 0.29) is 5.97 Å².